The van der Waals surface area contributed by atoms with Crippen molar-refractivity contribution in [2.45, 2.75) is 13.5 Å². The van der Waals surface area contributed by atoms with Gasteiger partial charge in [-0.25, -0.2) is 4.98 Å². The molecule has 0 saturated heterocycles. The van der Waals surface area contributed by atoms with E-state index in [9.17, 15) is 0 Å². The van der Waals surface area contributed by atoms with E-state index in [1.165, 1.54) is 5.56 Å². The van der Waals surface area contributed by atoms with Crippen molar-refractivity contribution >= 4 is 17.0 Å². The fourth-order valence-electron chi connectivity index (χ4n) is 1.95. The number of anilines is 1. The topological polar surface area (TPSA) is 37.8 Å². The van der Waals surface area contributed by atoms with Crippen LogP contribution in [-0.4, -0.2) is 9.97 Å². The molecule has 4 heteroatoms. The van der Waals surface area contributed by atoms with Crippen LogP contribution in [0.2, 0.25) is 0 Å². The van der Waals surface area contributed by atoms with Gasteiger partial charge in [-0.3, -0.25) is 4.98 Å². The number of nitrogens with one attached hydrogen (secondary N) is 1. The van der Waals surface area contributed by atoms with Crippen molar-refractivity contribution < 1.29 is 0 Å². The summed E-state index contributed by atoms with van der Waals surface area (Å²) >= 11 is 1.63. The standard InChI is InChI=1S/C16H15N3S/c1-12-6-2-3-7-14(12)18-10-13-11-20-16(19-13)15-8-4-5-9-17-15/h2-9,11,18H,10H2,1H3. The van der Waals surface area contributed by atoms with Crippen molar-refractivity contribution in [3.05, 3.63) is 65.3 Å². The van der Waals surface area contributed by atoms with E-state index in [-0.39, 0.29) is 0 Å². The molecule has 0 atom stereocenters. The van der Waals surface area contributed by atoms with Crippen molar-refractivity contribution in [1.29, 1.82) is 0 Å². The molecule has 0 bridgehead atoms. The van der Waals surface area contributed by atoms with Crippen molar-refractivity contribution in [2.75, 3.05) is 5.32 Å². The molecular weight excluding hydrogens is 266 g/mol. The van der Waals surface area contributed by atoms with Crippen LogP contribution in [0.25, 0.3) is 10.7 Å². The molecule has 3 rings (SSSR count). The van der Waals surface area contributed by atoms with Gasteiger partial charge in [-0.2, -0.15) is 0 Å². The van der Waals surface area contributed by atoms with Gasteiger partial charge in [0.25, 0.3) is 0 Å². The zero-order chi connectivity index (χ0) is 13.8. The number of pyridine rings is 1. The molecule has 0 radical (unpaired) electrons. The molecule has 0 aliphatic heterocycles. The Balaban J connectivity index is 1.71. The summed E-state index contributed by atoms with van der Waals surface area (Å²) < 4.78 is 0. The maximum absolute atomic E-state index is 4.62. The summed E-state index contributed by atoms with van der Waals surface area (Å²) in [5.74, 6) is 0. The van der Waals surface area contributed by atoms with Crippen molar-refractivity contribution in [3.8, 4) is 10.7 Å². The summed E-state index contributed by atoms with van der Waals surface area (Å²) in [6.07, 6.45) is 1.79. The third kappa shape index (κ3) is 2.86. The first-order chi connectivity index (χ1) is 9.83. The van der Waals surface area contributed by atoms with Gasteiger partial charge in [0.2, 0.25) is 0 Å². The van der Waals surface area contributed by atoms with Crippen LogP contribution in [0.1, 0.15) is 11.3 Å². The fraction of sp³-hybridized carbons (Fsp3) is 0.125. The SMILES string of the molecule is Cc1ccccc1NCc1csc(-c2ccccn2)n1. The molecule has 20 heavy (non-hydrogen) atoms. The summed E-state index contributed by atoms with van der Waals surface area (Å²) in [7, 11) is 0. The normalized spacial score (nSPS) is 10.4. The van der Waals surface area contributed by atoms with Gasteiger partial charge in [0.15, 0.2) is 0 Å². The number of hydrogen-bond acceptors (Lipinski definition) is 4. The smallest absolute Gasteiger partial charge is 0.142 e. The highest BCUT2D eigenvalue weighted by Gasteiger charge is 2.05. The van der Waals surface area contributed by atoms with E-state index >= 15 is 0 Å². The average Bonchev–Trinajstić information content (AvgIpc) is 2.96. The van der Waals surface area contributed by atoms with E-state index in [0.717, 1.165) is 28.6 Å². The molecule has 1 N–H and O–H groups in total. The molecule has 2 heterocycles. The molecule has 100 valence electrons. The van der Waals surface area contributed by atoms with Crippen molar-refractivity contribution in [3.63, 3.8) is 0 Å². The van der Waals surface area contributed by atoms with Crippen LogP contribution in [-0.2, 0) is 6.54 Å². The predicted molar refractivity (Wildman–Crippen MR) is 83.9 cm³/mol. The average molecular weight is 281 g/mol. The van der Waals surface area contributed by atoms with Crippen LogP contribution in [0.15, 0.2) is 54.0 Å². The number of hydrogen-bond donors (Lipinski definition) is 1. The minimum absolute atomic E-state index is 0.730. The van der Waals surface area contributed by atoms with E-state index < -0.39 is 0 Å². The molecular formula is C16H15N3S. The largest absolute Gasteiger partial charge is 0.379 e. The van der Waals surface area contributed by atoms with Crippen molar-refractivity contribution in [1.82, 2.24) is 9.97 Å². The number of aryl methyl sites for hydroxylation is 1. The second-order valence-electron chi connectivity index (χ2n) is 4.53. The van der Waals surface area contributed by atoms with E-state index in [1.807, 2.05) is 30.3 Å². The van der Waals surface area contributed by atoms with E-state index in [2.05, 4.69) is 39.7 Å². The Morgan fingerprint density at radius 1 is 1.10 bits per heavy atom. The van der Waals surface area contributed by atoms with E-state index in [1.54, 1.807) is 17.5 Å². The highest BCUT2D eigenvalue weighted by Crippen LogP contribution is 2.22. The molecule has 0 aliphatic rings. The first-order valence-corrected chi connectivity index (χ1v) is 7.36. The maximum atomic E-state index is 4.62. The molecule has 2 aromatic heterocycles. The first kappa shape index (κ1) is 12.8. The van der Waals surface area contributed by atoms with Gasteiger partial charge in [-0.05, 0) is 30.7 Å². The van der Waals surface area contributed by atoms with Gasteiger partial charge >= 0.3 is 0 Å². The monoisotopic (exact) mass is 281 g/mol. The van der Waals surface area contributed by atoms with Crippen LogP contribution < -0.4 is 5.32 Å². The van der Waals surface area contributed by atoms with Crippen LogP contribution in [0.4, 0.5) is 5.69 Å². The minimum Gasteiger partial charge on any atom is -0.379 e. The number of para-hydroxylation sites is 1. The van der Waals surface area contributed by atoms with E-state index in [4.69, 9.17) is 0 Å². The third-order valence-corrected chi connectivity index (χ3v) is 3.95. The summed E-state index contributed by atoms with van der Waals surface area (Å²) in [6.45, 7) is 2.83. The van der Waals surface area contributed by atoms with Crippen LogP contribution in [0.3, 0.4) is 0 Å². The molecule has 0 amide bonds. The van der Waals surface area contributed by atoms with Gasteiger partial charge in [0, 0.05) is 17.3 Å². The Morgan fingerprint density at radius 3 is 2.75 bits per heavy atom. The second-order valence-corrected chi connectivity index (χ2v) is 5.39. The summed E-state index contributed by atoms with van der Waals surface area (Å²) in [4.78, 5) is 8.94. The summed E-state index contributed by atoms with van der Waals surface area (Å²) in [5, 5.41) is 6.46. The lowest BCUT2D eigenvalue weighted by atomic mass is 10.2. The molecule has 0 fully saturated rings. The Hall–Kier alpha value is -2.20. The number of nitrogens with zero attached hydrogens (tertiary/aromatic N) is 2. The molecule has 0 aliphatic carbocycles. The predicted octanol–water partition coefficient (Wildman–Crippen LogP) is 4.13. The molecule has 0 unspecified atom stereocenters. The molecule has 1 aromatic carbocycles. The molecule has 0 spiro atoms. The number of rotatable bonds is 4. The van der Waals surface area contributed by atoms with Gasteiger partial charge in [0.05, 0.1) is 17.9 Å². The highest BCUT2D eigenvalue weighted by atomic mass is 32.1. The maximum Gasteiger partial charge on any atom is 0.142 e. The lowest BCUT2D eigenvalue weighted by Crippen LogP contribution is -2.01. The Labute approximate surface area is 122 Å². The number of benzene rings is 1. The van der Waals surface area contributed by atoms with Crippen LogP contribution in [0, 0.1) is 6.92 Å². The Morgan fingerprint density at radius 2 is 1.95 bits per heavy atom. The fourth-order valence-corrected chi connectivity index (χ4v) is 2.75. The molecule has 3 aromatic rings. The summed E-state index contributed by atoms with van der Waals surface area (Å²) in [6, 6.07) is 14.1. The van der Waals surface area contributed by atoms with Crippen LogP contribution in [0.5, 0.6) is 0 Å². The number of aromatic nitrogens is 2. The van der Waals surface area contributed by atoms with Gasteiger partial charge < -0.3 is 5.32 Å². The summed E-state index contributed by atoms with van der Waals surface area (Å²) in [5.41, 5.74) is 4.37. The zero-order valence-corrected chi connectivity index (χ0v) is 12.0. The third-order valence-electron chi connectivity index (χ3n) is 3.04. The van der Waals surface area contributed by atoms with Crippen LogP contribution >= 0.6 is 11.3 Å². The Bertz CT molecular complexity index is 692. The Kier molecular flexibility index (Phi) is 3.74. The number of thiazole rings is 1. The van der Waals surface area contributed by atoms with Gasteiger partial charge in [-0.1, -0.05) is 24.3 Å². The second kappa shape index (κ2) is 5.84. The van der Waals surface area contributed by atoms with Gasteiger partial charge in [0.1, 0.15) is 5.01 Å². The van der Waals surface area contributed by atoms with Crippen molar-refractivity contribution in [2.24, 2.45) is 0 Å². The molecule has 3 nitrogen and oxygen atoms in total. The quantitative estimate of drug-likeness (QED) is 0.781. The lowest BCUT2D eigenvalue weighted by Gasteiger charge is -2.07. The minimum atomic E-state index is 0.730. The molecule has 0 saturated carbocycles. The van der Waals surface area contributed by atoms with Gasteiger partial charge in [-0.15, -0.1) is 11.3 Å². The lowest BCUT2D eigenvalue weighted by molar-refractivity contribution is 1.07. The zero-order valence-electron chi connectivity index (χ0n) is 11.2. The first-order valence-electron chi connectivity index (χ1n) is 6.48. The highest BCUT2D eigenvalue weighted by molar-refractivity contribution is 7.13. The van der Waals surface area contributed by atoms with E-state index in [0.29, 0.717) is 0 Å².